The summed E-state index contributed by atoms with van der Waals surface area (Å²) in [5.41, 5.74) is 1.30. The second-order valence-corrected chi connectivity index (χ2v) is 11.3. The van der Waals surface area contributed by atoms with Crippen molar-refractivity contribution in [3.05, 3.63) is 71.9 Å². The van der Waals surface area contributed by atoms with Gasteiger partial charge >= 0.3 is 5.97 Å². The molecule has 1 saturated carbocycles. The topological polar surface area (TPSA) is 65.2 Å². The maximum Gasteiger partial charge on any atom is 0.317 e. The molecule has 202 valence electrons. The van der Waals surface area contributed by atoms with Crippen molar-refractivity contribution in [3.8, 4) is 11.4 Å². The maximum atomic E-state index is 14.0. The molecular formula is C30H36ClFN3O3+. The molecular weight excluding hydrogens is 505 g/mol. The van der Waals surface area contributed by atoms with Crippen LogP contribution in [-0.2, 0) is 21.5 Å². The molecule has 0 unspecified atom stereocenters. The van der Waals surface area contributed by atoms with Crippen LogP contribution in [0.2, 0.25) is 0 Å². The average Bonchev–Trinajstić information content (AvgIpc) is 3.23. The SMILES string of the molecule is Cl.O=C(O[C@H]1C[N+]2(Cc3nc(-c4ccc(F)cc4)no3)CCC1CC2)C1(c2ccccc2)CCCCCC1. The van der Waals surface area contributed by atoms with E-state index in [4.69, 9.17) is 9.26 Å². The summed E-state index contributed by atoms with van der Waals surface area (Å²) in [5, 5.41) is 4.14. The Morgan fingerprint density at radius 3 is 2.37 bits per heavy atom. The van der Waals surface area contributed by atoms with Gasteiger partial charge in [-0.2, -0.15) is 4.98 Å². The number of fused-ring (bicyclic) bond motifs is 3. The first-order valence-electron chi connectivity index (χ1n) is 13.8. The summed E-state index contributed by atoms with van der Waals surface area (Å²) in [7, 11) is 0. The van der Waals surface area contributed by atoms with E-state index in [1.165, 1.54) is 25.0 Å². The van der Waals surface area contributed by atoms with E-state index in [1.54, 1.807) is 12.1 Å². The van der Waals surface area contributed by atoms with Gasteiger partial charge < -0.3 is 13.7 Å². The van der Waals surface area contributed by atoms with Crippen LogP contribution >= 0.6 is 12.4 Å². The normalized spacial score (nSPS) is 26.2. The number of esters is 1. The molecule has 4 fully saturated rings. The highest BCUT2D eigenvalue weighted by molar-refractivity contribution is 5.85. The third kappa shape index (κ3) is 5.23. The fourth-order valence-electron chi connectivity index (χ4n) is 6.85. The smallest absolute Gasteiger partial charge is 0.317 e. The number of hydrogen-bond acceptors (Lipinski definition) is 5. The zero-order chi connectivity index (χ0) is 25.3. The summed E-state index contributed by atoms with van der Waals surface area (Å²) in [4.78, 5) is 18.6. The molecule has 4 heterocycles. The largest absolute Gasteiger partial charge is 0.455 e. The Bertz CT molecular complexity index is 1220. The van der Waals surface area contributed by atoms with Crippen LogP contribution in [0.5, 0.6) is 0 Å². The van der Waals surface area contributed by atoms with Gasteiger partial charge in [0.2, 0.25) is 5.82 Å². The van der Waals surface area contributed by atoms with Crippen LogP contribution in [0, 0.1) is 11.7 Å². The lowest BCUT2D eigenvalue weighted by Crippen LogP contribution is -2.64. The number of ether oxygens (including phenoxy) is 1. The fourth-order valence-corrected chi connectivity index (χ4v) is 6.85. The van der Waals surface area contributed by atoms with E-state index >= 15 is 0 Å². The summed E-state index contributed by atoms with van der Waals surface area (Å²) in [6.07, 6.45) is 8.19. The zero-order valence-electron chi connectivity index (χ0n) is 21.7. The number of rotatable bonds is 6. The number of hydrogen-bond donors (Lipinski definition) is 0. The Morgan fingerprint density at radius 1 is 1.00 bits per heavy atom. The number of nitrogens with zero attached hydrogens (tertiary/aromatic N) is 3. The van der Waals surface area contributed by atoms with Gasteiger partial charge in [-0.3, -0.25) is 4.79 Å². The van der Waals surface area contributed by atoms with Crippen molar-refractivity contribution < 1.29 is 22.9 Å². The second-order valence-electron chi connectivity index (χ2n) is 11.3. The Balaban J connectivity index is 0.00000294. The quantitative estimate of drug-likeness (QED) is 0.210. The van der Waals surface area contributed by atoms with E-state index in [2.05, 4.69) is 22.3 Å². The summed E-state index contributed by atoms with van der Waals surface area (Å²) in [5.74, 6) is 1.14. The summed E-state index contributed by atoms with van der Waals surface area (Å²) in [6, 6.07) is 16.4. The van der Waals surface area contributed by atoms with E-state index in [0.29, 0.717) is 24.2 Å². The molecule has 6 nitrogen and oxygen atoms in total. The van der Waals surface area contributed by atoms with Crippen molar-refractivity contribution in [2.45, 2.75) is 69.4 Å². The van der Waals surface area contributed by atoms with Gasteiger partial charge in [-0.25, -0.2) is 4.39 Å². The molecule has 0 spiro atoms. The number of benzene rings is 2. The molecule has 3 aliphatic heterocycles. The van der Waals surface area contributed by atoms with Crippen molar-refractivity contribution in [3.63, 3.8) is 0 Å². The Hall–Kier alpha value is -2.77. The molecule has 0 amide bonds. The van der Waals surface area contributed by atoms with Crippen molar-refractivity contribution in [2.24, 2.45) is 5.92 Å². The highest BCUT2D eigenvalue weighted by Gasteiger charge is 2.51. The van der Waals surface area contributed by atoms with E-state index in [1.807, 2.05) is 18.2 Å². The number of quaternary nitrogens is 1. The predicted octanol–water partition coefficient (Wildman–Crippen LogP) is 6.24. The molecule has 2 aromatic carbocycles. The van der Waals surface area contributed by atoms with Gasteiger partial charge in [0.05, 0.1) is 18.5 Å². The minimum Gasteiger partial charge on any atom is -0.455 e. The monoisotopic (exact) mass is 540 g/mol. The second kappa shape index (κ2) is 11.1. The number of carbonyl (C=O) groups is 1. The van der Waals surface area contributed by atoms with Crippen molar-refractivity contribution >= 4 is 18.4 Å². The molecule has 3 saturated heterocycles. The summed E-state index contributed by atoms with van der Waals surface area (Å²) < 4.78 is 26.2. The number of piperidine rings is 3. The van der Waals surface area contributed by atoms with Crippen LogP contribution < -0.4 is 0 Å². The Morgan fingerprint density at radius 2 is 1.68 bits per heavy atom. The zero-order valence-corrected chi connectivity index (χ0v) is 22.5. The molecule has 1 aromatic heterocycles. The molecule has 4 aliphatic rings. The van der Waals surface area contributed by atoms with Crippen LogP contribution in [-0.4, -0.2) is 46.3 Å². The van der Waals surface area contributed by atoms with Gasteiger partial charge in [-0.1, -0.05) is 61.2 Å². The standard InChI is InChI=1S/C30H35FN3O3.ClH/c31-25-12-10-23(11-13-25)28-32-27(37-33-28)21-34-18-14-22(15-19-34)26(20-34)36-29(35)30(16-6-1-2-7-17-30)24-8-4-3-5-9-24;/h3-5,8-13,22,26H,1-2,6-7,14-21H2;1H/q+1;/t22?,26-,34?;/m0./s1. The average molecular weight is 541 g/mol. The van der Waals surface area contributed by atoms with Gasteiger partial charge in [0.1, 0.15) is 12.4 Å². The van der Waals surface area contributed by atoms with E-state index < -0.39 is 5.41 Å². The van der Waals surface area contributed by atoms with Crippen LogP contribution in [0.4, 0.5) is 4.39 Å². The van der Waals surface area contributed by atoms with E-state index in [-0.39, 0.29) is 30.3 Å². The molecule has 7 rings (SSSR count). The molecule has 1 aliphatic carbocycles. The first-order chi connectivity index (χ1) is 18.1. The van der Waals surface area contributed by atoms with Crippen molar-refractivity contribution in [1.29, 1.82) is 0 Å². The van der Waals surface area contributed by atoms with Crippen LogP contribution in [0.15, 0.2) is 59.1 Å². The van der Waals surface area contributed by atoms with Gasteiger partial charge in [0.25, 0.3) is 5.89 Å². The molecule has 1 atom stereocenters. The maximum absolute atomic E-state index is 14.0. The molecule has 2 bridgehead atoms. The summed E-state index contributed by atoms with van der Waals surface area (Å²) >= 11 is 0. The van der Waals surface area contributed by atoms with E-state index in [9.17, 15) is 9.18 Å². The van der Waals surface area contributed by atoms with Crippen LogP contribution in [0.25, 0.3) is 11.4 Å². The van der Waals surface area contributed by atoms with Crippen molar-refractivity contribution in [2.75, 3.05) is 19.6 Å². The summed E-state index contributed by atoms with van der Waals surface area (Å²) in [6.45, 7) is 3.46. The molecule has 38 heavy (non-hydrogen) atoms. The number of halogens is 2. The Kier molecular flexibility index (Phi) is 7.87. The van der Waals surface area contributed by atoms with Crippen LogP contribution in [0.3, 0.4) is 0 Å². The van der Waals surface area contributed by atoms with Gasteiger partial charge in [0.15, 0.2) is 12.6 Å². The third-order valence-electron chi connectivity index (χ3n) is 9.02. The number of carbonyl (C=O) groups excluding carboxylic acids is 1. The Labute approximate surface area is 229 Å². The molecule has 0 N–H and O–H groups in total. The molecule has 0 radical (unpaired) electrons. The molecule has 3 aromatic rings. The number of aromatic nitrogens is 2. The highest BCUT2D eigenvalue weighted by atomic mass is 35.5. The van der Waals surface area contributed by atoms with Crippen LogP contribution in [0.1, 0.15) is 62.8 Å². The first-order valence-corrected chi connectivity index (χ1v) is 13.8. The molecule has 8 heteroatoms. The highest BCUT2D eigenvalue weighted by Crippen LogP contribution is 2.42. The lowest BCUT2D eigenvalue weighted by molar-refractivity contribution is -0.959. The minimum atomic E-state index is -0.537. The van der Waals surface area contributed by atoms with Crippen molar-refractivity contribution in [1.82, 2.24) is 10.1 Å². The van der Waals surface area contributed by atoms with Gasteiger partial charge in [-0.05, 0) is 42.7 Å². The predicted molar refractivity (Wildman–Crippen MR) is 144 cm³/mol. The van der Waals surface area contributed by atoms with E-state index in [0.717, 1.165) is 73.8 Å². The fraction of sp³-hybridized carbons (Fsp3) is 0.500. The van der Waals surface area contributed by atoms with Gasteiger partial charge in [0, 0.05) is 24.3 Å². The third-order valence-corrected chi connectivity index (χ3v) is 9.02. The van der Waals surface area contributed by atoms with Gasteiger partial charge in [-0.15, -0.1) is 12.4 Å². The first kappa shape index (κ1) is 26.8. The lowest BCUT2D eigenvalue weighted by atomic mass is 9.74. The minimum absolute atomic E-state index is 0. The lowest BCUT2D eigenvalue weighted by Gasteiger charge is -2.51.